The summed E-state index contributed by atoms with van der Waals surface area (Å²) in [5, 5.41) is 8.77. The van der Waals surface area contributed by atoms with Crippen LogP contribution in [-0.4, -0.2) is 13.4 Å². The van der Waals surface area contributed by atoms with Gasteiger partial charge in [-0.15, -0.1) is 0 Å². The van der Waals surface area contributed by atoms with E-state index in [4.69, 9.17) is 5.26 Å². The highest BCUT2D eigenvalue weighted by Crippen LogP contribution is 2.24. The fourth-order valence-electron chi connectivity index (χ4n) is 2.56. The van der Waals surface area contributed by atoms with Gasteiger partial charge in [-0.25, -0.2) is 12.8 Å². The monoisotopic (exact) mass is 369 g/mol. The van der Waals surface area contributed by atoms with Crippen LogP contribution in [0, 0.1) is 24.1 Å². The molecule has 0 aliphatic rings. The Morgan fingerprint density at radius 2 is 1.88 bits per heavy atom. The molecule has 0 saturated heterocycles. The Kier molecular flexibility index (Phi) is 4.78. The second kappa shape index (κ2) is 7.02. The zero-order chi connectivity index (χ0) is 18.7. The summed E-state index contributed by atoms with van der Waals surface area (Å²) in [5.41, 5.74) is 2.58. The molecule has 7 heteroatoms. The van der Waals surface area contributed by atoms with Gasteiger partial charge in [-0.3, -0.25) is 4.72 Å². The number of sulfonamides is 1. The minimum absolute atomic E-state index is 0.0573. The molecule has 1 aromatic heterocycles. The van der Waals surface area contributed by atoms with Gasteiger partial charge in [0.25, 0.3) is 10.0 Å². The number of halogens is 1. The van der Waals surface area contributed by atoms with Gasteiger partial charge in [0.1, 0.15) is 10.7 Å². The fourth-order valence-corrected chi connectivity index (χ4v) is 3.83. The molecule has 26 heavy (non-hydrogen) atoms. The van der Waals surface area contributed by atoms with Gasteiger partial charge in [0.05, 0.1) is 17.3 Å². The van der Waals surface area contributed by atoms with Crippen LogP contribution in [0.5, 0.6) is 0 Å². The third kappa shape index (κ3) is 3.76. The predicted molar refractivity (Wildman–Crippen MR) is 96.7 cm³/mol. The quantitative estimate of drug-likeness (QED) is 0.719. The molecule has 0 amide bonds. The molecule has 2 N–H and O–H groups in total. The molecule has 3 rings (SSSR count). The van der Waals surface area contributed by atoms with Gasteiger partial charge in [0.15, 0.2) is 0 Å². The lowest BCUT2D eigenvalue weighted by molar-refractivity contribution is 0.598. The molecule has 3 aromatic rings. The maximum Gasteiger partial charge on any atom is 0.263 e. The molecular formula is C19H16FN3O2S. The summed E-state index contributed by atoms with van der Waals surface area (Å²) >= 11 is 0. The topological polar surface area (TPSA) is 85.8 Å². The Bertz CT molecular complexity index is 1080. The van der Waals surface area contributed by atoms with E-state index in [0.29, 0.717) is 12.0 Å². The van der Waals surface area contributed by atoms with Crippen LogP contribution in [0.1, 0.15) is 22.3 Å². The minimum Gasteiger partial charge on any atom is -0.366 e. The number of hydrogen-bond donors (Lipinski definition) is 2. The molecule has 0 unspecified atom stereocenters. The van der Waals surface area contributed by atoms with Crippen LogP contribution < -0.4 is 4.72 Å². The average molecular weight is 369 g/mol. The van der Waals surface area contributed by atoms with E-state index >= 15 is 0 Å². The molecule has 0 saturated carbocycles. The van der Waals surface area contributed by atoms with E-state index in [-0.39, 0.29) is 16.1 Å². The van der Waals surface area contributed by atoms with Crippen molar-refractivity contribution in [3.8, 4) is 6.07 Å². The van der Waals surface area contributed by atoms with E-state index in [0.717, 1.165) is 17.2 Å². The van der Waals surface area contributed by atoms with Crippen molar-refractivity contribution in [2.45, 2.75) is 18.2 Å². The number of anilines is 1. The molecule has 2 aromatic carbocycles. The molecule has 0 radical (unpaired) electrons. The van der Waals surface area contributed by atoms with Crippen LogP contribution in [0.15, 0.2) is 59.8 Å². The van der Waals surface area contributed by atoms with Crippen LogP contribution in [0.2, 0.25) is 0 Å². The largest absolute Gasteiger partial charge is 0.366 e. The van der Waals surface area contributed by atoms with E-state index in [2.05, 4.69) is 9.71 Å². The van der Waals surface area contributed by atoms with E-state index < -0.39 is 15.8 Å². The van der Waals surface area contributed by atoms with Crippen molar-refractivity contribution in [2.24, 2.45) is 0 Å². The summed E-state index contributed by atoms with van der Waals surface area (Å²) in [6.45, 7) is 1.98. The van der Waals surface area contributed by atoms with Gasteiger partial charge in [-0.1, -0.05) is 29.8 Å². The lowest BCUT2D eigenvalue weighted by Gasteiger charge is -2.10. The number of rotatable bonds is 5. The molecule has 0 atom stereocenters. The van der Waals surface area contributed by atoms with Crippen molar-refractivity contribution < 1.29 is 12.8 Å². The van der Waals surface area contributed by atoms with Crippen molar-refractivity contribution in [2.75, 3.05) is 4.72 Å². The molecule has 0 aliphatic heterocycles. The summed E-state index contributed by atoms with van der Waals surface area (Å²) in [6.07, 6.45) is 3.41. The Morgan fingerprint density at radius 3 is 2.54 bits per heavy atom. The van der Waals surface area contributed by atoms with Crippen LogP contribution in [-0.2, 0) is 16.4 Å². The first-order chi connectivity index (χ1) is 12.4. The van der Waals surface area contributed by atoms with E-state index in [9.17, 15) is 12.8 Å². The number of hydrogen-bond acceptors (Lipinski definition) is 3. The smallest absolute Gasteiger partial charge is 0.263 e. The average Bonchev–Trinajstić information content (AvgIpc) is 3.08. The summed E-state index contributed by atoms with van der Waals surface area (Å²) in [5.74, 6) is -0.803. The van der Waals surface area contributed by atoms with Gasteiger partial charge in [-0.2, -0.15) is 5.26 Å². The highest BCUT2D eigenvalue weighted by Gasteiger charge is 2.21. The highest BCUT2D eigenvalue weighted by molar-refractivity contribution is 7.92. The van der Waals surface area contributed by atoms with Crippen molar-refractivity contribution >= 4 is 15.7 Å². The van der Waals surface area contributed by atoms with Gasteiger partial charge in [0, 0.05) is 18.8 Å². The summed E-state index contributed by atoms with van der Waals surface area (Å²) < 4.78 is 41.6. The summed E-state index contributed by atoms with van der Waals surface area (Å²) in [6, 6.07) is 13.2. The van der Waals surface area contributed by atoms with E-state index in [1.165, 1.54) is 18.3 Å². The van der Waals surface area contributed by atoms with Gasteiger partial charge in [0.2, 0.25) is 0 Å². The number of benzene rings is 2. The van der Waals surface area contributed by atoms with Crippen LogP contribution in [0.4, 0.5) is 10.1 Å². The number of aromatic amines is 1. The van der Waals surface area contributed by atoms with E-state index in [1.54, 1.807) is 12.3 Å². The van der Waals surface area contributed by atoms with E-state index in [1.807, 2.05) is 31.2 Å². The summed E-state index contributed by atoms with van der Waals surface area (Å²) in [7, 11) is -3.98. The molecule has 0 bridgehead atoms. The van der Waals surface area contributed by atoms with Gasteiger partial charge in [-0.05, 0) is 36.2 Å². The molecule has 0 fully saturated rings. The first kappa shape index (κ1) is 17.7. The fraction of sp³-hybridized carbons (Fsp3) is 0.105. The standard InChI is InChI=1S/C19H16FN3O2S/c1-13-2-4-14(5-3-13)8-16-11-22-12-19(16)26(24,25)23-18-7-6-15(10-21)9-17(18)20/h2-7,9,11-12,22-23H,8H2,1H3. The third-order valence-electron chi connectivity index (χ3n) is 3.94. The van der Waals surface area contributed by atoms with Crippen molar-refractivity contribution in [3.63, 3.8) is 0 Å². The number of nitrogens with zero attached hydrogens (tertiary/aromatic N) is 1. The first-order valence-corrected chi connectivity index (χ1v) is 9.31. The molecule has 5 nitrogen and oxygen atoms in total. The molecule has 1 heterocycles. The number of H-pyrrole nitrogens is 1. The predicted octanol–water partition coefficient (Wildman–Crippen LogP) is 3.73. The normalized spacial score (nSPS) is 11.1. The zero-order valence-corrected chi connectivity index (χ0v) is 14.8. The zero-order valence-electron chi connectivity index (χ0n) is 14.0. The Labute approximate surface area is 151 Å². The Balaban J connectivity index is 1.88. The lowest BCUT2D eigenvalue weighted by atomic mass is 10.1. The SMILES string of the molecule is Cc1ccc(Cc2c[nH]cc2S(=O)(=O)Nc2ccc(C#N)cc2F)cc1. The Morgan fingerprint density at radius 1 is 1.15 bits per heavy atom. The van der Waals surface area contributed by atoms with Crippen molar-refractivity contribution in [1.29, 1.82) is 5.26 Å². The molecule has 0 aliphatic carbocycles. The summed E-state index contributed by atoms with van der Waals surface area (Å²) in [4.78, 5) is 2.86. The maximum absolute atomic E-state index is 14.0. The lowest BCUT2D eigenvalue weighted by Crippen LogP contribution is -2.15. The first-order valence-electron chi connectivity index (χ1n) is 7.83. The Hall–Kier alpha value is -3.11. The van der Waals surface area contributed by atoms with Crippen LogP contribution in [0.25, 0.3) is 0 Å². The number of aromatic nitrogens is 1. The second-order valence-electron chi connectivity index (χ2n) is 5.92. The second-order valence-corrected chi connectivity index (χ2v) is 7.57. The number of aryl methyl sites for hydroxylation is 1. The van der Waals surface area contributed by atoms with Crippen LogP contribution >= 0.6 is 0 Å². The highest BCUT2D eigenvalue weighted by atomic mass is 32.2. The van der Waals surface area contributed by atoms with Gasteiger partial charge >= 0.3 is 0 Å². The molecule has 132 valence electrons. The van der Waals surface area contributed by atoms with Crippen molar-refractivity contribution in [3.05, 3.63) is 82.9 Å². The van der Waals surface area contributed by atoms with Gasteiger partial charge < -0.3 is 4.98 Å². The number of nitrogens with one attached hydrogen (secondary N) is 2. The van der Waals surface area contributed by atoms with Crippen molar-refractivity contribution in [1.82, 2.24) is 4.98 Å². The van der Waals surface area contributed by atoms with Crippen LogP contribution in [0.3, 0.4) is 0 Å². The molecular weight excluding hydrogens is 353 g/mol. The maximum atomic E-state index is 14.0. The molecule has 0 spiro atoms. The third-order valence-corrected chi connectivity index (χ3v) is 5.38. The number of nitriles is 1. The minimum atomic E-state index is -3.98.